The molecule has 0 bridgehead atoms. The minimum atomic E-state index is 0. The van der Waals surface area contributed by atoms with Crippen LogP contribution in [0.5, 0.6) is 0 Å². The van der Waals surface area contributed by atoms with Gasteiger partial charge in [0.1, 0.15) is 0 Å². The monoisotopic (exact) mass is 312 g/mol. The third-order valence-electron chi connectivity index (χ3n) is 1.97. The third-order valence-corrected chi connectivity index (χ3v) is 3.65. The molecule has 1 aromatic heterocycles. The summed E-state index contributed by atoms with van der Waals surface area (Å²) < 4.78 is 0.972. The quantitative estimate of drug-likeness (QED) is 0.800. The molecule has 1 unspecified atom stereocenters. The minimum Gasteiger partial charge on any atom is -0.323 e. The summed E-state index contributed by atoms with van der Waals surface area (Å²) in [5, 5.41) is 0. The van der Waals surface area contributed by atoms with Crippen molar-refractivity contribution in [2.24, 2.45) is 5.73 Å². The Morgan fingerprint density at radius 2 is 2.33 bits per heavy atom. The molecule has 1 aromatic rings. The molecule has 0 saturated carbocycles. The number of hydrogen-bond acceptors (Lipinski definition) is 3. The predicted molar refractivity (Wildman–Crippen MR) is 60.0 cm³/mol. The summed E-state index contributed by atoms with van der Waals surface area (Å²) in [6, 6.07) is 0.238. The van der Waals surface area contributed by atoms with E-state index in [-0.39, 0.29) is 23.0 Å². The number of hydrogen-bond donors (Lipinski definition) is 1. The standard InChI is InChI=1S/C7H9BrN2S.BrH/c8-7-10-5-3-1-2-4(9)6(5)11-7;/h4H,1-3,9H2;1H. The number of rotatable bonds is 0. The molecule has 1 aliphatic carbocycles. The van der Waals surface area contributed by atoms with Crippen molar-refractivity contribution < 1.29 is 0 Å². The number of fused-ring (bicyclic) bond motifs is 1. The summed E-state index contributed by atoms with van der Waals surface area (Å²) in [6.45, 7) is 0. The van der Waals surface area contributed by atoms with E-state index >= 15 is 0 Å². The Morgan fingerprint density at radius 3 is 3.00 bits per heavy atom. The van der Waals surface area contributed by atoms with Crippen molar-refractivity contribution in [1.29, 1.82) is 0 Å². The van der Waals surface area contributed by atoms with Crippen LogP contribution in [0, 0.1) is 0 Å². The number of nitrogens with zero attached hydrogens (tertiary/aromatic N) is 1. The first kappa shape index (κ1) is 10.6. The van der Waals surface area contributed by atoms with E-state index in [1.54, 1.807) is 11.3 Å². The molecule has 0 saturated heterocycles. The maximum absolute atomic E-state index is 5.91. The fourth-order valence-corrected chi connectivity index (χ4v) is 3.03. The van der Waals surface area contributed by atoms with Gasteiger partial charge in [-0.1, -0.05) is 0 Å². The summed E-state index contributed by atoms with van der Waals surface area (Å²) in [7, 11) is 0. The molecule has 0 amide bonds. The first-order valence-electron chi connectivity index (χ1n) is 3.68. The second-order valence-electron chi connectivity index (χ2n) is 2.78. The average Bonchev–Trinajstić information content (AvgIpc) is 2.31. The zero-order valence-corrected chi connectivity index (χ0v) is 10.5. The summed E-state index contributed by atoms with van der Waals surface area (Å²) in [5.74, 6) is 0. The molecule has 1 atom stereocenters. The van der Waals surface area contributed by atoms with Gasteiger partial charge in [-0.25, -0.2) is 4.98 Å². The lowest BCUT2D eigenvalue weighted by Gasteiger charge is -2.15. The van der Waals surface area contributed by atoms with Crippen molar-refractivity contribution in [2.75, 3.05) is 0 Å². The van der Waals surface area contributed by atoms with Crippen LogP contribution in [0.15, 0.2) is 3.92 Å². The molecule has 0 fully saturated rings. The second kappa shape index (κ2) is 4.17. The summed E-state index contributed by atoms with van der Waals surface area (Å²) in [4.78, 5) is 5.64. The van der Waals surface area contributed by atoms with Gasteiger partial charge >= 0.3 is 0 Å². The Labute approximate surface area is 94.5 Å². The molecule has 2 rings (SSSR count). The van der Waals surface area contributed by atoms with Crippen LogP contribution in [-0.4, -0.2) is 4.98 Å². The molecule has 68 valence electrons. The van der Waals surface area contributed by atoms with Gasteiger partial charge < -0.3 is 5.73 Å². The van der Waals surface area contributed by atoms with Crippen molar-refractivity contribution in [2.45, 2.75) is 25.3 Å². The van der Waals surface area contributed by atoms with Gasteiger partial charge in [0.05, 0.1) is 5.69 Å². The lowest BCUT2D eigenvalue weighted by Crippen LogP contribution is -2.15. The average molecular weight is 314 g/mol. The molecule has 1 heterocycles. The Kier molecular flexibility index (Phi) is 3.70. The number of aryl methyl sites for hydroxylation is 1. The molecule has 0 aromatic carbocycles. The van der Waals surface area contributed by atoms with Crippen LogP contribution in [0.2, 0.25) is 0 Å². The zero-order chi connectivity index (χ0) is 7.84. The van der Waals surface area contributed by atoms with Crippen molar-refractivity contribution in [3.05, 3.63) is 14.5 Å². The Bertz CT molecular complexity index is 274. The van der Waals surface area contributed by atoms with Gasteiger partial charge in [-0.2, -0.15) is 0 Å². The lowest BCUT2D eigenvalue weighted by atomic mass is 9.99. The molecule has 5 heteroatoms. The van der Waals surface area contributed by atoms with Gasteiger partial charge in [-0.3, -0.25) is 0 Å². The first-order valence-corrected chi connectivity index (χ1v) is 5.29. The molecular formula is C7H10Br2N2S. The van der Waals surface area contributed by atoms with E-state index in [1.807, 2.05) is 0 Å². The maximum atomic E-state index is 5.91. The summed E-state index contributed by atoms with van der Waals surface area (Å²) >= 11 is 5.05. The highest BCUT2D eigenvalue weighted by Crippen LogP contribution is 2.34. The Balaban J connectivity index is 0.000000720. The van der Waals surface area contributed by atoms with Crippen molar-refractivity contribution in [1.82, 2.24) is 4.98 Å². The van der Waals surface area contributed by atoms with Gasteiger partial charge in [-0.05, 0) is 35.2 Å². The van der Waals surface area contributed by atoms with Crippen LogP contribution in [-0.2, 0) is 6.42 Å². The van der Waals surface area contributed by atoms with Gasteiger partial charge in [0.15, 0.2) is 3.92 Å². The molecule has 2 nitrogen and oxygen atoms in total. The molecule has 0 radical (unpaired) electrons. The highest BCUT2D eigenvalue weighted by molar-refractivity contribution is 9.11. The van der Waals surface area contributed by atoms with Gasteiger partial charge in [0, 0.05) is 10.9 Å². The molecule has 1 aliphatic rings. The molecular weight excluding hydrogens is 304 g/mol. The van der Waals surface area contributed by atoms with E-state index in [9.17, 15) is 0 Å². The van der Waals surface area contributed by atoms with Crippen LogP contribution in [0.4, 0.5) is 0 Å². The Morgan fingerprint density at radius 1 is 1.58 bits per heavy atom. The largest absolute Gasteiger partial charge is 0.323 e. The molecule has 0 aliphatic heterocycles. The van der Waals surface area contributed by atoms with Gasteiger partial charge in [0.25, 0.3) is 0 Å². The number of halogens is 2. The lowest BCUT2D eigenvalue weighted by molar-refractivity contribution is 0.573. The predicted octanol–water partition coefficient (Wildman–Crippen LogP) is 2.82. The number of nitrogens with two attached hydrogens (primary N) is 1. The normalized spacial score (nSPS) is 21.3. The van der Waals surface area contributed by atoms with E-state index in [2.05, 4.69) is 20.9 Å². The van der Waals surface area contributed by atoms with Gasteiger partial charge in [-0.15, -0.1) is 28.3 Å². The van der Waals surface area contributed by atoms with E-state index < -0.39 is 0 Å². The fourth-order valence-electron chi connectivity index (χ4n) is 1.42. The van der Waals surface area contributed by atoms with Crippen molar-refractivity contribution in [3.63, 3.8) is 0 Å². The van der Waals surface area contributed by atoms with Crippen LogP contribution in [0.1, 0.15) is 29.5 Å². The van der Waals surface area contributed by atoms with Crippen LogP contribution in [0.3, 0.4) is 0 Å². The number of aromatic nitrogens is 1. The summed E-state index contributed by atoms with van der Waals surface area (Å²) in [5.41, 5.74) is 7.12. The van der Waals surface area contributed by atoms with Gasteiger partial charge in [0.2, 0.25) is 0 Å². The topological polar surface area (TPSA) is 38.9 Å². The smallest absolute Gasteiger partial charge is 0.159 e. The second-order valence-corrected chi connectivity index (χ2v) is 5.08. The minimum absolute atomic E-state index is 0. The van der Waals surface area contributed by atoms with E-state index in [1.165, 1.54) is 17.0 Å². The van der Waals surface area contributed by atoms with E-state index in [0.29, 0.717) is 0 Å². The third kappa shape index (κ3) is 1.89. The zero-order valence-electron chi connectivity index (χ0n) is 6.42. The van der Waals surface area contributed by atoms with E-state index in [4.69, 9.17) is 5.73 Å². The highest BCUT2D eigenvalue weighted by Gasteiger charge is 2.20. The SMILES string of the molecule is Br.NC1CCCc2nc(Br)sc21. The van der Waals surface area contributed by atoms with Crippen molar-refractivity contribution in [3.8, 4) is 0 Å². The molecule has 12 heavy (non-hydrogen) atoms. The Hall–Kier alpha value is 0.550. The fraction of sp³-hybridized carbons (Fsp3) is 0.571. The van der Waals surface area contributed by atoms with E-state index in [0.717, 1.165) is 16.8 Å². The maximum Gasteiger partial charge on any atom is 0.159 e. The number of thiazole rings is 1. The van der Waals surface area contributed by atoms with Crippen LogP contribution in [0.25, 0.3) is 0 Å². The van der Waals surface area contributed by atoms with Crippen LogP contribution < -0.4 is 5.73 Å². The summed E-state index contributed by atoms with van der Waals surface area (Å²) in [6.07, 6.45) is 3.40. The van der Waals surface area contributed by atoms with Crippen LogP contribution >= 0.6 is 44.2 Å². The highest BCUT2D eigenvalue weighted by atomic mass is 79.9. The van der Waals surface area contributed by atoms with Crippen molar-refractivity contribution >= 4 is 44.2 Å². The first-order chi connectivity index (χ1) is 5.27. The molecule has 2 N–H and O–H groups in total. The molecule has 0 spiro atoms.